The molecule has 5 rings (SSSR count). The smallest absolute Gasteiger partial charge is 0.336 e. The van der Waals surface area contributed by atoms with E-state index in [0.29, 0.717) is 12.2 Å². The van der Waals surface area contributed by atoms with Gasteiger partial charge in [0.25, 0.3) is 0 Å². The first-order valence-corrected chi connectivity index (χ1v) is 9.49. The van der Waals surface area contributed by atoms with Gasteiger partial charge in [0.1, 0.15) is 5.76 Å². The third-order valence-electron chi connectivity index (χ3n) is 8.41. The second-order valence-electron chi connectivity index (χ2n) is 9.29. The molecule has 25 heavy (non-hydrogen) atoms. The molecule has 0 saturated heterocycles. The van der Waals surface area contributed by atoms with Gasteiger partial charge in [0.05, 0.1) is 18.3 Å². The highest BCUT2D eigenvalue weighted by Crippen LogP contribution is 2.71. The van der Waals surface area contributed by atoms with Gasteiger partial charge in [-0.05, 0) is 67.8 Å². The Morgan fingerprint density at radius 3 is 2.88 bits per heavy atom. The standard InChI is InChI=1S/C20H26O5/c1-18-13(12-6-17(23)25-14(12)7-16(18)22)4-5-19-8-11(2-3-15(18)19)20(24,9-19)10-21/h6-7,11,13,15-16,21-22,24H,2-5,8-10H2,1H3. The lowest BCUT2D eigenvalue weighted by Gasteiger charge is -2.60. The number of hydrogen-bond acceptors (Lipinski definition) is 5. The number of hydrogen-bond donors (Lipinski definition) is 3. The van der Waals surface area contributed by atoms with Gasteiger partial charge in [0.15, 0.2) is 0 Å². The van der Waals surface area contributed by atoms with E-state index in [1.807, 2.05) is 0 Å². The Morgan fingerprint density at radius 2 is 2.12 bits per heavy atom. The monoisotopic (exact) mass is 346 g/mol. The van der Waals surface area contributed by atoms with Crippen LogP contribution in [0.2, 0.25) is 0 Å². The molecule has 5 aliphatic rings. The molecule has 3 saturated carbocycles. The molecule has 7 atom stereocenters. The number of rotatable bonds is 1. The van der Waals surface area contributed by atoms with Crippen molar-refractivity contribution in [3.8, 4) is 0 Å². The molecule has 0 amide bonds. The summed E-state index contributed by atoms with van der Waals surface area (Å²) in [6.45, 7) is 1.98. The Hall–Kier alpha value is -1.17. The number of aliphatic hydroxyl groups excluding tert-OH is 2. The van der Waals surface area contributed by atoms with Crippen molar-refractivity contribution in [1.82, 2.24) is 0 Å². The average Bonchev–Trinajstić information content (AvgIpc) is 3.03. The molecule has 7 unspecified atom stereocenters. The van der Waals surface area contributed by atoms with Crippen molar-refractivity contribution in [3.05, 3.63) is 23.5 Å². The van der Waals surface area contributed by atoms with Crippen LogP contribution in [0.3, 0.4) is 0 Å². The zero-order valence-corrected chi connectivity index (χ0v) is 14.6. The number of esters is 1. The number of aliphatic hydroxyl groups is 3. The fourth-order valence-corrected chi connectivity index (χ4v) is 7.35. The van der Waals surface area contributed by atoms with E-state index in [1.54, 1.807) is 12.2 Å². The lowest BCUT2D eigenvalue weighted by atomic mass is 9.44. The Bertz CT molecular complexity index is 711. The van der Waals surface area contributed by atoms with Gasteiger partial charge in [-0.2, -0.15) is 0 Å². The first-order valence-electron chi connectivity index (χ1n) is 9.49. The number of carbonyl (C=O) groups excluding carboxylic acids is 1. The molecule has 3 fully saturated rings. The van der Waals surface area contributed by atoms with Crippen molar-refractivity contribution in [2.24, 2.45) is 28.6 Å². The van der Waals surface area contributed by atoms with Gasteiger partial charge < -0.3 is 20.1 Å². The summed E-state index contributed by atoms with van der Waals surface area (Å²) in [6.07, 6.45) is 7.94. The maximum Gasteiger partial charge on any atom is 0.336 e. The summed E-state index contributed by atoms with van der Waals surface area (Å²) in [5.41, 5.74) is -0.385. The van der Waals surface area contributed by atoms with E-state index in [1.165, 1.54) is 0 Å². The molecule has 5 nitrogen and oxygen atoms in total. The van der Waals surface area contributed by atoms with Gasteiger partial charge in [0.2, 0.25) is 0 Å². The fraction of sp³-hybridized carbons (Fsp3) is 0.750. The van der Waals surface area contributed by atoms with Crippen molar-refractivity contribution in [1.29, 1.82) is 0 Å². The predicted molar refractivity (Wildman–Crippen MR) is 89.0 cm³/mol. The minimum Gasteiger partial charge on any atom is -0.423 e. The summed E-state index contributed by atoms with van der Waals surface area (Å²) in [5, 5.41) is 31.8. The van der Waals surface area contributed by atoms with Gasteiger partial charge in [-0.15, -0.1) is 0 Å². The Labute approximate surface area is 147 Å². The van der Waals surface area contributed by atoms with Crippen LogP contribution in [0.4, 0.5) is 0 Å². The molecule has 0 aromatic rings. The molecule has 0 radical (unpaired) electrons. The summed E-state index contributed by atoms with van der Waals surface area (Å²) in [4.78, 5) is 11.7. The fourth-order valence-electron chi connectivity index (χ4n) is 7.35. The summed E-state index contributed by atoms with van der Waals surface area (Å²) in [6, 6.07) is 0. The van der Waals surface area contributed by atoms with Crippen molar-refractivity contribution in [2.45, 2.75) is 57.2 Å². The highest BCUT2D eigenvalue weighted by molar-refractivity contribution is 5.88. The van der Waals surface area contributed by atoms with E-state index in [0.717, 1.165) is 37.7 Å². The van der Waals surface area contributed by atoms with E-state index >= 15 is 0 Å². The van der Waals surface area contributed by atoms with E-state index in [4.69, 9.17) is 4.74 Å². The Morgan fingerprint density at radius 1 is 1.32 bits per heavy atom. The third-order valence-corrected chi connectivity index (χ3v) is 8.41. The van der Waals surface area contributed by atoms with Crippen LogP contribution < -0.4 is 0 Å². The summed E-state index contributed by atoms with van der Waals surface area (Å²) in [7, 11) is 0. The normalized spacial score (nSPS) is 53.4. The number of ether oxygens (including phenoxy) is 1. The van der Waals surface area contributed by atoms with E-state index in [2.05, 4.69) is 6.92 Å². The molecule has 1 aliphatic heterocycles. The molecule has 2 bridgehead atoms. The van der Waals surface area contributed by atoms with E-state index < -0.39 is 11.7 Å². The lowest BCUT2D eigenvalue weighted by molar-refractivity contribution is -0.135. The van der Waals surface area contributed by atoms with Crippen LogP contribution >= 0.6 is 0 Å². The van der Waals surface area contributed by atoms with Crippen LogP contribution in [-0.4, -0.2) is 39.6 Å². The molecular weight excluding hydrogens is 320 g/mol. The van der Waals surface area contributed by atoms with Crippen LogP contribution in [0.1, 0.15) is 45.4 Å². The first kappa shape index (κ1) is 16.0. The summed E-state index contributed by atoms with van der Waals surface area (Å²) < 4.78 is 5.27. The highest BCUT2D eigenvalue weighted by Gasteiger charge is 2.67. The zero-order chi connectivity index (χ0) is 17.6. The molecular formula is C20H26O5. The maximum atomic E-state index is 11.7. The topological polar surface area (TPSA) is 87.0 Å². The third kappa shape index (κ3) is 1.82. The number of carbonyl (C=O) groups is 1. The van der Waals surface area contributed by atoms with Gasteiger partial charge in [-0.25, -0.2) is 4.79 Å². The van der Waals surface area contributed by atoms with Crippen LogP contribution in [0, 0.1) is 28.6 Å². The largest absolute Gasteiger partial charge is 0.423 e. The summed E-state index contributed by atoms with van der Waals surface area (Å²) in [5.74, 6) is 0.764. The molecule has 0 aromatic carbocycles. The maximum absolute atomic E-state index is 11.7. The molecule has 5 heteroatoms. The Kier molecular flexibility index (Phi) is 3.05. The predicted octanol–water partition coefficient (Wildman–Crippen LogP) is 1.67. The van der Waals surface area contributed by atoms with Gasteiger partial charge in [-0.1, -0.05) is 6.92 Å². The van der Waals surface area contributed by atoms with Gasteiger partial charge in [-0.3, -0.25) is 0 Å². The van der Waals surface area contributed by atoms with Crippen molar-refractivity contribution in [3.63, 3.8) is 0 Å². The summed E-state index contributed by atoms with van der Waals surface area (Å²) >= 11 is 0. The Balaban J connectivity index is 1.59. The second-order valence-corrected chi connectivity index (χ2v) is 9.29. The highest BCUT2D eigenvalue weighted by atomic mass is 16.5. The minimum absolute atomic E-state index is 0.0119. The van der Waals surface area contributed by atoms with Crippen LogP contribution in [0.15, 0.2) is 23.5 Å². The molecule has 3 N–H and O–H groups in total. The molecule has 4 aliphatic carbocycles. The van der Waals surface area contributed by atoms with E-state index in [-0.39, 0.29) is 41.2 Å². The zero-order valence-electron chi connectivity index (χ0n) is 14.6. The van der Waals surface area contributed by atoms with Gasteiger partial charge in [0, 0.05) is 17.1 Å². The number of allylic oxidation sites excluding steroid dienone is 1. The molecule has 136 valence electrons. The molecule has 1 spiro atoms. The van der Waals surface area contributed by atoms with Crippen molar-refractivity contribution in [2.75, 3.05) is 6.61 Å². The minimum atomic E-state index is -0.968. The first-order chi connectivity index (χ1) is 11.8. The van der Waals surface area contributed by atoms with Crippen molar-refractivity contribution >= 4 is 5.97 Å². The quantitative estimate of drug-likeness (QED) is 0.629. The number of fused-ring (bicyclic) bond motifs is 5. The van der Waals surface area contributed by atoms with Gasteiger partial charge >= 0.3 is 5.97 Å². The second kappa shape index (κ2) is 4.76. The van der Waals surface area contributed by atoms with Crippen molar-refractivity contribution < 1.29 is 24.9 Å². The lowest BCUT2D eigenvalue weighted by Crippen LogP contribution is -2.57. The average molecular weight is 346 g/mol. The van der Waals surface area contributed by atoms with Crippen LogP contribution in [-0.2, 0) is 9.53 Å². The molecule has 1 heterocycles. The SMILES string of the molecule is CC12C(O)C=C3OC(=O)C=C3C1CCC13CC(CCC12)C(O)(CO)C3. The van der Waals surface area contributed by atoms with Crippen LogP contribution in [0.5, 0.6) is 0 Å². The van der Waals surface area contributed by atoms with Crippen LogP contribution in [0.25, 0.3) is 0 Å². The molecule has 0 aromatic heterocycles. The van der Waals surface area contributed by atoms with E-state index in [9.17, 15) is 20.1 Å².